The van der Waals surface area contributed by atoms with Crippen molar-refractivity contribution in [2.75, 3.05) is 26.2 Å². The Balaban J connectivity index is 2.28. The molecular weight excluding hydrogens is 152 g/mol. The fraction of sp³-hybridized carbons (Fsp3) is 1.00. The second-order valence-electron chi connectivity index (χ2n) is 4.44. The third kappa shape index (κ3) is 3.09. The number of likely N-dealkylation sites (tertiary alicyclic amines) is 1. The van der Waals surface area contributed by atoms with Gasteiger partial charge in [-0.25, -0.2) is 0 Å². The molecule has 0 aliphatic carbocycles. The van der Waals surface area contributed by atoms with Crippen molar-refractivity contribution in [2.45, 2.75) is 25.9 Å². The minimum absolute atomic E-state index is 0.566. The summed E-state index contributed by atoms with van der Waals surface area (Å²) in [4.78, 5) is 2.29. The van der Waals surface area contributed by atoms with E-state index in [2.05, 4.69) is 4.90 Å². The summed E-state index contributed by atoms with van der Waals surface area (Å²) in [6.45, 7) is 7.39. The van der Waals surface area contributed by atoms with Crippen LogP contribution in [-0.4, -0.2) is 41.8 Å². The molecule has 3 heteroatoms. The first-order valence-corrected chi connectivity index (χ1v) is 4.66. The van der Waals surface area contributed by atoms with E-state index in [9.17, 15) is 5.11 Å². The maximum absolute atomic E-state index is 9.56. The Kier molecular flexibility index (Phi) is 3.09. The van der Waals surface area contributed by atoms with E-state index >= 15 is 0 Å². The Hall–Kier alpha value is -0.120. The number of nitrogens with zero attached hydrogens (tertiary/aromatic N) is 1. The highest BCUT2D eigenvalue weighted by Crippen LogP contribution is 2.17. The number of hydrogen-bond acceptors (Lipinski definition) is 3. The molecule has 3 N–H and O–H groups in total. The van der Waals surface area contributed by atoms with Crippen LogP contribution in [0.4, 0.5) is 0 Å². The highest BCUT2D eigenvalue weighted by molar-refractivity contribution is 4.80. The van der Waals surface area contributed by atoms with Crippen molar-refractivity contribution in [1.82, 2.24) is 4.90 Å². The molecule has 0 bridgehead atoms. The van der Waals surface area contributed by atoms with Gasteiger partial charge in [-0.3, -0.25) is 0 Å². The van der Waals surface area contributed by atoms with E-state index < -0.39 is 5.60 Å². The van der Waals surface area contributed by atoms with Crippen molar-refractivity contribution in [2.24, 2.45) is 11.7 Å². The molecule has 1 fully saturated rings. The molecular formula is C9H20N2O. The molecule has 1 heterocycles. The zero-order valence-corrected chi connectivity index (χ0v) is 8.08. The van der Waals surface area contributed by atoms with Crippen LogP contribution in [0, 0.1) is 5.92 Å². The third-order valence-corrected chi connectivity index (χ3v) is 2.31. The van der Waals surface area contributed by atoms with Gasteiger partial charge in [0.2, 0.25) is 0 Å². The van der Waals surface area contributed by atoms with E-state index in [1.807, 2.05) is 13.8 Å². The lowest BCUT2D eigenvalue weighted by atomic mass is 10.1. The first-order valence-electron chi connectivity index (χ1n) is 4.66. The molecule has 1 atom stereocenters. The van der Waals surface area contributed by atoms with Gasteiger partial charge in [0.1, 0.15) is 0 Å². The van der Waals surface area contributed by atoms with E-state index in [4.69, 9.17) is 5.73 Å². The van der Waals surface area contributed by atoms with E-state index in [0.29, 0.717) is 5.92 Å². The van der Waals surface area contributed by atoms with Gasteiger partial charge >= 0.3 is 0 Å². The predicted molar refractivity (Wildman–Crippen MR) is 49.9 cm³/mol. The Bertz CT molecular complexity index is 142. The highest BCUT2D eigenvalue weighted by atomic mass is 16.3. The Morgan fingerprint density at radius 1 is 1.58 bits per heavy atom. The minimum Gasteiger partial charge on any atom is -0.389 e. The SMILES string of the molecule is CC(C)(O)CN1CC[C@H](CN)C1. The van der Waals surface area contributed by atoms with Gasteiger partial charge in [-0.1, -0.05) is 0 Å². The number of aliphatic hydroxyl groups is 1. The predicted octanol–water partition coefficient (Wildman–Crippen LogP) is 0.0379. The Morgan fingerprint density at radius 2 is 2.25 bits per heavy atom. The van der Waals surface area contributed by atoms with Crippen LogP contribution in [-0.2, 0) is 0 Å². The molecule has 12 heavy (non-hydrogen) atoms. The molecule has 1 aliphatic heterocycles. The summed E-state index contributed by atoms with van der Waals surface area (Å²) in [6.07, 6.45) is 1.19. The zero-order chi connectivity index (χ0) is 9.19. The zero-order valence-electron chi connectivity index (χ0n) is 8.08. The van der Waals surface area contributed by atoms with Crippen LogP contribution >= 0.6 is 0 Å². The first kappa shape index (κ1) is 9.96. The summed E-state index contributed by atoms with van der Waals surface area (Å²) in [7, 11) is 0. The van der Waals surface area contributed by atoms with Crippen molar-refractivity contribution in [3.05, 3.63) is 0 Å². The summed E-state index contributed by atoms with van der Waals surface area (Å²) in [6, 6.07) is 0. The highest BCUT2D eigenvalue weighted by Gasteiger charge is 2.25. The average molecular weight is 172 g/mol. The summed E-state index contributed by atoms with van der Waals surface area (Å²) in [5, 5.41) is 9.56. The second kappa shape index (κ2) is 3.73. The topological polar surface area (TPSA) is 49.5 Å². The summed E-state index contributed by atoms with van der Waals surface area (Å²) >= 11 is 0. The standard InChI is InChI=1S/C9H20N2O/c1-9(2,12)7-11-4-3-8(5-10)6-11/h8,12H,3-7,10H2,1-2H3/t8-/m1/s1. The van der Waals surface area contributed by atoms with Crippen molar-refractivity contribution in [1.29, 1.82) is 0 Å². The number of rotatable bonds is 3. The minimum atomic E-state index is -0.566. The number of hydrogen-bond donors (Lipinski definition) is 2. The van der Waals surface area contributed by atoms with Gasteiger partial charge in [-0.2, -0.15) is 0 Å². The lowest BCUT2D eigenvalue weighted by Crippen LogP contribution is -2.37. The largest absolute Gasteiger partial charge is 0.389 e. The molecule has 0 aromatic carbocycles. The van der Waals surface area contributed by atoms with Crippen LogP contribution in [0.5, 0.6) is 0 Å². The first-order chi connectivity index (χ1) is 5.51. The molecule has 0 radical (unpaired) electrons. The van der Waals surface area contributed by atoms with Crippen molar-refractivity contribution in [3.63, 3.8) is 0 Å². The van der Waals surface area contributed by atoms with Crippen molar-refractivity contribution >= 4 is 0 Å². The van der Waals surface area contributed by atoms with E-state index in [0.717, 1.165) is 26.2 Å². The second-order valence-corrected chi connectivity index (χ2v) is 4.44. The van der Waals surface area contributed by atoms with Gasteiger partial charge in [0.05, 0.1) is 5.60 Å². The van der Waals surface area contributed by atoms with Crippen LogP contribution in [0.2, 0.25) is 0 Å². The molecule has 1 saturated heterocycles. The Morgan fingerprint density at radius 3 is 2.67 bits per heavy atom. The maximum Gasteiger partial charge on any atom is 0.0718 e. The maximum atomic E-state index is 9.56. The average Bonchev–Trinajstić information content (AvgIpc) is 2.32. The van der Waals surface area contributed by atoms with Gasteiger partial charge in [0.15, 0.2) is 0 Å². The lowest BCUT2D eigenvalue weighted by molar-refractivity contribution is 0.0429. The van der Waals surface area contributed by atoms with Crippen LogP contribution in [0.1, 0.15) is 20.3 Å². The normalized spacial score (nSPS) is 26.5. The molecule has 0 amide bonds. The molecule has 0 aromatic heterocycles. The smallest absolute Gasteiger partial charge is 0.0718 e. The molecule has 3 nitrogen and oxygen atoms in total. The Labute approximate surface area is 74.5 Å². The summed E-state index contributed by atoms with van der Waals surface area (Å²) in [5.41, 5.74) is 5.00. The lowest BCUT2D eigenvalue weighted by Gasteiger charge is -2.24. The summed E-state index contributed by atoms with van der Waals surface area (Å²) < 4.78 is 0. The van der Waals surface area contributed by atoms with E-state index in [1.54, 1.807) is 0 Å². The van der Waals surface area contributed by atoms with E-state index in [-0.39, 0.29) is 0 Å². The van der Waals surface area contributed by atoms with Crippen LogP contribution in [0.3, 0.4) is 0 Å². The van der Waals surface area contributed by atoms with Gasteiger partial charge in [0, 0.05) is 13.1 Å². The van der Waals surface area contributed by atoms with Gasteiger partial charge in [0.25, 0.3) is 0 Å². The fourth-order valence-electron chi connectivity index (χ4n) is 1.80. The van der Waals surface area contributed by atoms with Gasteiger partial charge < -0.3 is 15.7 Å². The number of β-amino-alcohol motifs (C(OH)–C–C–N with tert-alkyl or cyclic N) is 1. The molecule has 0 spiro atoms. The van der Waals surface area contributed by atoms with Crippen molar-refractivity contribution in [3.8, 4) is 0 Å². The molecule has 1 aliphatic rings. The molecule has 72 valence electrons. The van der Waals surface area contributed by atoms with Crippen LogP contribution < -0.4 is 5.73 Å². The molecule has 1 rings (SSSR count). The fourth-order valence-corrected chi connectivity index (χ4v) is 1.80. The van der Waals surface area contributed by atoms with Gasteiger partial charge in [-0.05, 0) is 39.3 Å². The molecule has 0 unspecified atom stereocenters. The van der Waals surface area contributed by atoms with Crippen LogP contribution in [0.25, 0.3) is 0 Å². The quantitative estimate of drug-likeness (QED) is 0.632. The van der Waals surface area contributed by atoms with E-state index in [1.165, 1.54) is 6.42 Å². The van der Waals surface area contributed by atoms with Crippen LogP contribution in [0.15, 0.2) is 0 Å². The third-order valence-electron chi connectivity index (χ3n) is 2.31. The van der Waals surface area contributed by atoms with Crippen molar-refractivity contribution < 1.29 is 5.11 Å². The molecule has 0 aromatic rings. The molecule has 0 saturated carbocycles. The summed E-state index contributed by atoms with van der Waals surface area (Å²) in [5.74, 6) is 0.646. The monoisotopic (exact) mass is 172 g/mol. The number of nitrogens with two attached hydrogens (primary N) is 1. The van der Waals surface area contributed by atoms with Gasteiger partial charge in [-0.15, -0.1) is 0 Å².